The standard InChI is InChI=1S/C56H98O23/c1-11-71-28-19-27(56(10,16-12-13-26(2)3)79-50-45(70)41(66)38(63)32(23-58)75-50)14-17-52(4,5)55(9)18-15-34-53(6,7)47(29(59)21-54(34,8)35(55)20-28)78-51-46(77-49-44(69)40(65)37(62)31(22-57)74-49)42(67)39(64)33(76-51)25-73-48-43(68)36(61)30(60)24-72-48/h13,27-51,57-70H,11-12,14-25H2,1-10H3/t27-,28-,29+,30?,31+,32+,33+,34?,35+,36?,37+,38+,39+,40-,41-,42-,43-,44+,45+,46+,47-,48?,49-,50-,51-,54-,55?,56?/m0/s1. The smallest absolute Gasteiger partial charge is 0.187 e. The molecule has 7 rings (SSSR count). The summed E-state index contributed by atoms with van der Waals surface area (Å²) in [6.07, 6.45) is -25.5. The molecule has 0 aromatic rings. The van der Waals surface area contributed by atoms with Gasteiger partial charge in [-0.2, -0.15) is 0 Å². The molecule has 14 N–H and O–H groups in total. The second kappa shape index (κ2) is 25.8. The van der Waals surface area contributed by atoms with Gasteiger partial charge in [0.15, 0.2) is 25.2 Å². The largest absolute Gasteiger partial charge is 0.394 e. The molecule has 7 aliphatic rings. The summed E-state index contributed by atoms with van der Waals surface area (Å²) < 4.78 is 55.8. The van der Waals surface area contributed by atoms with Crippen LogP contribution in [-0.4, -0.2) is 245 Å². The van der Waals surface area contributed by atoms with Gasteiger partial charge in [-0.3, -0.25) is 0 Å². The summed E-state index contributed by atoms with van der Waals surface area (Å²) in [4.78, 5) is 0. The molecule has 0 aromatic carbocycles. The number of aliphatic hydroxyl groups is 14. The van der Waals surface area contributed by atoms with Crippen LogP contribution in [-0.2, 0) is 42.6 Å². The van der Waals surface area contributed by atoms with Gasteiger partial charge in [0.25, 0.3) is 0 Å². The van der Waals surface area contributed by atoms with E-state index in [1.54, 1.807) is 0 Å². The Bertz CT molecular complexity index is 1970. The normalized spacial score (nSPS) is 49.2. The highest BCUT2D eigenvalue weighted by molar-refractivity contribution is 5.15. The van der Waals surface area contributed by atoms with E-state index in [1.165, 1.54) is 0 Å². The Balaban J connectivity index is 1.19. The second-order valence-electron chi connectivity index (χ2n) is 26.2. The van der Waals surface area contributed by atoms with Crippen molar-refractivity contribution in [2.24, 2.45) is 39.4 Å². The molecule has 28 atom stereocenters. The maximum atomic E-state index is 12.8. The summed E-state index contributed by atoms with van der Waals surface area (Å²) in [6.45, 7) is 19.4. The van der Waals surface area contributed by atoms with E-state index in [0.29, 0.717) is 45.1 Å². The van der Waals surface area contributed by atoms with E-state index >= 15 is 0 Å². The molecule has 4 saturated heterocycles. The van der Waals surface area contributed by atoms with Crippen molar-refractivity contribution in [1.82, 2.24) is 0 Å². The maximum Gasteiger partial charge on any atom is 0.187 e. The van der Waals surface area contributed by atoms with Gasteiger partial charge in [-0.1, -0.05) is 53.2 Å². The molecular formula is C56H98O23. The summed E-state index contributed by atoms with van der Waals surface area (Å²) in [7, 11) is 0. The topological polar surface area (TPSA) is 366 Å². The third kappa shape index (κ3) is 13.0. The fraction of sp³-hybridized carbons (Fsp3) is 0.964. The molecule has 79 heavy (non-hydrogen) atoms. The van der Waals surface area contributed by atoms with Crippen molar-refractivity contribution in [2.75, 3.05) is 33.0 Å². The number of allylic oxidation sites excluding steroid dienone is 2. The van der Waals surface area contributed by atoms with Crippen LogP contribution in [0.2, 0.25) is 0 Å². The minimum Gasteiger partial charge on any atom is -0.394 e. The van der Waals surface area contributed by atoms with Crippen LogP contribution in [0.1, 0.15) is 127 Å². The first kappa shape index (κ1) is 65.4. The second-order valence-corrected chi connectivity index (χ2v) is 26.2. The predicted molar refractivity (Wildman–Crippen MR) is 278 cm³/mol. The highest BCUT2D eigenvalue weighted by atomic mass is 16.8. The first-order valence-corrected chi connectivity index (χ1v) is 28.7. The van der Waals surface area contributed by atoms with Gasteiger partial charge in [0, 0.05) is 6.61 Å². The zero-order valence-electron chi connectivity index (χ0n) is 47.8. The lowest BCUT2D eigenvalue weighted by Crippen LogP contribution is -2.68. The molecule has 23 heteroatoms. The van der Waals surface area contributed by atoms with Crippen LogP contribution in [0, 0.1) is 39.4 Å². The van der Waals surface area contributed by atoms with Crippen LogP contribution >= 0.6 is 0 Å². The van der Waals surface area contributed by atoms with Gasteiger partial charge in [-0.25, -0.2) is 0 Å². The van der Waals surface area contributed by atoms with E-state index < -0.39 is 165 Å². The third-order valence-corrected chi connectivity index (χ3v) is 20.3. The SMILES string of the molecule is CCO[C@H]1C[C@@H](C(C)(CCC=C(C)C)O[C@@H]2O[C@H](CO)[C@@H](O)[C@H](O)[C@H]2O)CCC(C)(C)C2(C)CCC3C(C)(C)[C@@H](O[C@@H]4O[C@H](COC5OCC(O)C(O)[C@@H]5O)[C@@H](O)[C@H](O)[C@H]4O[C@@H]4O[C@H](CO)[C@@H](O)[C@H](O)[C@H]4O)[C@H](O)C[C@]3(C)[C@H]2C1. The number of hydrogen-bond donors (Lipinski definition) is 14. The number of fused-ring (bicyclic) bond motifs is 3. The first-order chi connectivity index (χ1) is 36.9. The summed E-state index contributed by atoms with van der Waals surface area (Å²) in [6, 6.07) is 0. The monoisotopic (exact) mass is 1140 g/mol. The predicted octanol–water partition coefficient (Wildman–Crippen LogP) is -0.768. The summed E-state index contributed by atoms with van der Waals surface area (Å²) in [5.41, 5.74) is -1.91. The van der Waals surface area contributed by atoms with E-state index in [2.05, 4.69) is 33.8 Å². The molecule has 4 heterocycles. The van der Waals surface area contributed by atoms with Gasteiger partial charge in [0.2, 0.25) is 0 Å². The number of hydrogen-bond acceptors (Lipinski definition) is 23. The minimum absolute atomic E-state index is 0.0501. The van der Waals surface area contributed by atoms with E-state index in [0.717, 1.165) is 18.4 Å². The molecular weight excluding hydrogens is 1040 g/mol. The zero-order valence-corrected chi connectivity index (χ0v) is 47.8. The van der Waals surface area contributed by atoms with Gasteiger partial charge in [0.05, 0.1) is 50.3 Å². The number of aliphatic hydroxyl groups excluding tert-OH is 14. The quantitative estimate of drug-likeness (QED) is 0.0628. The van der Waals surface area contributed by atoms with Crippen LogP contribution in [0.5, 0.6) is 0 Å². The van der Waals surface area contributed by atoms with Crippen LogP contribution in [0.3, 0.4) is 0 Å². The van der Waals surface area contributed by atoms with Crippen molar-refractivity contribution in [3.05, 3.63) is 11.6 Å². The molecule has 3 saturated carbocycles. The van der Waals surface area contributed by atoms with E-state index in [4.69, 9.17) is 42.6 Å². The lowest BCUT2D eigenvalue weighted by molar-refractivity contribution is -0.386. The fourth-order valence-electron chi connectivity index (χ4n) is 15.2. The summed E-state index contributed by atoms with van der Waals surface area (Å²) in [5, 5.41) is 152. The first-order valence-electron chi connectivity index (χ1n) is 28.7. The molecule has 3 aliphatic carbocycles. The average Bonchev–Trinajstić information content (AvgIpc) is 3.32. The van der Waals surface area contributed by atoms with Crippen molar-refractivity contribution in [1.29, 1.82) is 0 Å². The lowest BCUT2D eigenvalue weighted by atomic mass is 9.38. The number of rotatable bonds is 17. The molecule has 4 aliphatic heterocycles. The van der Waals surface area contributed by atoms with Crippen molar-refractivity contribution in [2.45, 2.75) is 268 Å². The molecule has 6 unspecified atom stereocenters. The van der Waals surface area contributed by atoms with Crippen LogP contribution in [0.25, 0.3) is 0 Å². The Kier molecular flexibility index (Phi) is 21.4. The zero-order chi connectivity index (χ0) is 58.5. The Morgan fingerprint density at radius 3 is 1.80 bits per heavy atom. The Morgan fingerprint density at radius 2 is 1.19 bits per heavy atom. The maximum absolute atomic E-state index is 12.8. The molecule has 0 spiro atoms. The molecule has 7 fully saturated rings. The van der Waals surface area contributed by atoms with Crippen molar-refractivity contribution in [3.8, 4) is 0 Å². The van der Waals surface area contributed by atoms with E-state index in [-0.39, 0.29) is 47.7 Å². The van der Waals surface area contributed by atoms with Gasteiger partial charge >= 0.3 is 0 Å². The fourth-order valence-corrected chi connectivity index (χ4v) is 15.2. The Labute approximate surface area is 464 Å². The van der Waals surface area contributed by atoms with Gasteiger partial charge in [0.1, 0.15) is 91.6 Å². The van der Waals surface area contributed by atoms with Crippen molar-refractivity contribution >= 4 is 0 Å². The van der Waals surface area contributed by atoms with Crippen LogP contribution in [0.15, 0.2) is 11.6 Å². The van der Waals surface area contributed by atoms with Gasteiger partial charge in [-0.05, 0) is 125 Å². The molecule has 460 valence electrons. The van der Waals surface area contributed by atoms with Crippen molar-refractivity contribution < 1.29 is 114 Å². The van der Waals surface area contributed by atoms with Crippen LogP contribution in [0.4, 0.5) is 0 Å². The number of ether oxygens (including phenoxy) is 9. The summed E-state index contributed by atoms with van der Waals surface area (Å²) >= 11 is 0. The third-order valence-electron chi connectivity index (χ3n) is 20.3. The molecule has 0 aromatic heterocycles. The molecule has 23 nitrogen and oxygen atoms in total. The molecule has 0 amide bonds. The lowest BCUT2D eigenvalue weighted by Gasteiger charge is -2.68. The highest BCUT2D eigenvalue weighted by Gasteiger charge is 2.67. The van der Waals surface area contributed by atoms with Crippen LogP contribution < -0.4 is 0 Å². The minimum atomic E-state index is -1.91. The van der Waals surface area contributed by atoms with Crippen molar-refractivity contribution in [3.63, 3.8) is 0 Å². The summed E-state index contributed by atoms with van der Waals surface area (Å²) in [5.74, 6) is -0.345. The Hall–Kier alpha value is -1.18. The van der Waals surface area contributed by atoms with E-state index in [1.807, 2.05) is 41.5 Å². The average molecular weight is 1140 g/mol. The highest BCUT2D eigenvalue weighted by Crippen LogP contribution is 2.70. The molecule has 0 bridgehead atoms. The van der Waals surface area contributed by atoms with Gasteiger partial charge in [-0.15, -0.1) is 0 Å². The van der Waals surface area contributed by atoms with E-state index in [9.17, 15) is 71.5 Å². The molecule has 0 radical (unpaired) electrons. The Morgan fingerprint density at radius 1 is 0.608 bits per heavy atom. The van der Waals surface area contributed by atoms with Gasteiger partial charge < -0.3 is 114 Å².